The van der Waals surface area contributed by atoms with Gasteiger partial charge >= 0.3 is 0 Å². The van der Waals surface area contributed by atoms with Crippen LogP contribution in [0.1, 0.15) is 25.0 Å². The van der Waals surface area contributed by atoms with Crippen LogP contribution in [0, 0.1) is 0 Å². The first-order valence-electron chi connectivity index (χ1n) is 9.44. The number of amides is 1. The van der Waals surface area contributed by atoms with Crippen molar-refractivity contribution in [2.24, 2.45) is 0 Å². The third kappa shape index (κ3) is 4.08. The zero-order valence-electron chi connectivity index (χ0n) is 16.6. The second kappa shape index (κ2) is 8.44. The van der Waals surface area contributed by atoms with Gasteiger partial charge in [-0.1, -0.05) is 24.3 Å². The van der Waals surface area contributed by atoms with Crippen LogP contribution in [0.2, 0.25) is 0 Å². The molecule has 5 nitrogen and oxygen atoms in total. The second-order valence-corrected chi connectivity index (χ2v) is 6.88. The van der Waals surface area contributed by atoms with Gasteiger partial charge in [-0.2, -0.15) is 0 Å². The van der Waals surface area contributed by atoms with E-state index in [2.05, 4.69) is 11.0 Å². The standard InChI is InChI=1S/C22H28N2O3/c1-5-27-20-11-10-17(14-21(20)26-4)15-23(3)16(2)22(25)24-13-12-18-8-6-7-9-19(18)24/h6-11,14,16H,5,12-13,15H2,1-4H3/t16-/m1/s1. The molecule has 0 spiro atoms. The van der Waals surface area contributed by atoms with E-state index >= 15 is 0 Å². The van der Waals surface area contributed by atoms with Crippen LogP contribution in [-0.2, 0) is 17.8 Å². The van der Waals surface area contributed by atoms with E-state index in [1.807, 2.05) is 62.2 Å². The summed E-state index contributed by atoms with van der Waals surface area (Å²) in [5, 5.41) is 0. The summed E-state index contributed by atoms with van der Waals surface area (Å²) in [5.41, 5.74) is 3.38. The van der Waals surface area contributed by atoms with Gasteiger partial charge in [-0.15, -0.1) is 0 Å². The van der Waals surface area contributed by atoms with Crippen molar-refractivity contribution in [1.82, 2.24) is 4.90 Å². The summed E-state index contributed by atoms with van der Waals surface area (Å²) >= 11 is 0. The number of hydrogen-bond acceptors (Lipinski definition) is 4. The number of carbonyl (C=O) groups excluding carboxylic acids is 1. The molecule has 0 aliphatic carbocycles. The SMILES string of the molecule is CCOc1ccc(CN(C)[C@H](C)C(=O)N2CCc3ccccc32)cc1OC. The van der Waals surface area contributed by atoms with Crippen molar-refractivity contribution in [3.63, 3.8) is 0 Å². The molecule has 0 N–H and O–H groups in total. The van der Waals surface area contributed by atoms with Crippen LogP contribution in [0.4, 0.5) is 5.69 Å². The molecular formula is C22H28N2O3. The molecule has 3 rings (SSSR count). The summed E-state index contributed by atoms with van der Waals surface area (Å²) in [6, 6.07) is 13.9. The predicted molar refractivity (Wildman–Crippen MR) is 108 cm³/mol. The highest BCUT2D eigenvalue weighted by molar-refractivity contribution is 5.98. The summed E-state index contributed by atoms with van der Waals surface area (Å²) in [6.45, 7) is 5.93. The Morgan fingerprint density at radius 3 is 2.74 bits per heavy atom. The van der Waals surface area contributed by atoms with Gasteiger partial charge in [0, 0.05) is 18.8 Å². The number of carbonyl (C=O) groups is 1. The Kier molecular flexibility index (Phi) is 6.01. The lowest BCUT2D eigenvalue weighted by Crippen LogP contribution is -2.45. The van der Waals surface area contributed by atoms with Crippen molar-refractivity contribution in [1.29, 1.82) is 0 Å². The van der Waals surface area contributed by atoms with Crippen LogP contribution < -0.4 is 14.4 Å². The molecule has 1 heterocycles. The van der Waals surface area contributed by atoms with Gasteiger partial charge in [0.2, 0.25) is 5.91 Å². The van der Waals surface area contributed by atoms with Gasteiger partial charge in [-0.25, -0.2) is 0 Å². The first kappa shape index (κ1) is 19.2. The number of ether oxygens (including phenoxy) is 2. The van der Waals surface area contributed by atoms with Crippen LogP contribution in [0.25, 0.3) is 0 Å². The van der Waals surface area contributed by atoms with Crippen molar-refractivity contribution < 1.29 is 14.3 Å². The number of hydrogen-bond donors (Lipinski definition) is 0. The number of rotatable bonds is 7. The lowest BCUT2D eigenvalue weighted by atomic mass is 10.1. The second-order valence-electron chi connectivity index (χ2n) is 6.88. The normalized spacial score (nSPS) is 14.2. The predicted octanol–water partition coefficient (Wildman–Crippen LogP) is 3.50. The van der Waals surface area contributed by atoms with Gasteiger partial charge in [0.15, 0.2) is 11.5 Å². The average Bonchev–Trinajstić information content (AvgIpc) is 3.12. The summed E-state index contributed by atoms with van der Waals surface area (Å²) in [6.07, 6.45) is 0.925. The molecule has 0 aromatic heterocycles. The number of benzene rings is 2. The molecule has 5 heteroatoms. The van der Waals surface area contributed by atoms with Crippen molar-refractivity contribution >= 4 is 11.6 Å². The zero-order chi connectivity index (χ0) is 19.4. The highest BCUT2D eigenvalue weighted by Gasteiger charge is 2.29. The summed E-state index contributed by atoms with van der Waals surface area (Å²) in [4.78, 5) is 17.0. The van der Waals surface area contributed by atoms with Crippen molar-refractivity contribution in [3.05, 3.63) is 53.6 Å². The van der Waals surface area contributed by atoms with Gasteiger partial charge < -0.3 is 14.4 Å². The van der Waals surface area contributed by atoms with E-state index in [-0.39, 0.29) is 11.9 Å². The lowest BCUT2D eigenvalue weighted by molar-refractivity contribution is -0.122. The quantitative estimate of drug-likeness (QED) is 0.750. The molecule has 27 heavy (non-hydrogen) atoms. The maximum absolute atomic E-state index is 13.0. The fourth-order valence-electron chi connectivity index (χ4n) is 3.49. The largest absolute Gasteiger partial charge is 0.493 e. The van der Waals surface area contributed by atoms with Gasteiger partial charge in [0.1, 0.15) is 0 Å². The number of anilines is 1. The molecule has 1 aliphatic heterocycles. The van der Waals surface area contributed by atoms with Crippen LogP contribution in [0.15, 0.2) is 42.5 Å². The van der Waals surface area contributed by atoms with E-state index in [0.29, 0.717) is 13.2 Å². The molecule has 0 saturated carbocycles. The third-order valence-corrected chi connectivity index (χ3v) is 5.13. The highest BCUT2D eigenvalue weighted by Crippen LogP contribution is 2.30. The van der Waals surface area contributed by atoms with E-state index in [9.17, 15) is 4.79 Å². The van der Waals surface area contributed by atoms with Gasteiger partial charge in [-0.3, -0.25) is 9.69 Å². The Morgan fingerprint density at radius 2 is 2.00 bits per heavy atom. The Balaban J connectivity index is 1.69. The van der Waals surface area contributed by atoms with Crippen molar-refractivity contribution in [2.75, 3.05) is 32.2 Å². The highest BCUT2D eigenvalue weighted by atomic mass is 16.5. The lowest BCUT2D eigenvalue weighted by Gasteiger charge is -2.28. The number of likely N-dealkylation sites (N-methyl/N-ethyl adjacent to an activating group) is 1. The van der Waals surface area contributed by atoms with E-state index in [4.69, 9.17) is 9.47 Å². The van der Waals surface area contributed by atoms with Crippen LogP contribution in [0.3, 0.4) is 0 Å². The van der Waals surface area contributed by atoms with Gasteiger partial charge in [0.05, 0.1) is 19.8 Å². The monoisotopic (exact) mass is 368 g/mol. The molecule has 1 aliphatic rings. The van der Waals surface area contributed by atoms with Crippen LogP contribution >= 0.6 is 0 Å². The minimum absolute atomic E-state index is 0.139. The third-order valence-electron chi connectivity index (χ3n) is 5.13. The molecular weight excluding hydrogens is 340 g/mol. The minimum Gasteiger partial charge on any atom is -0.493 e. The van der Waals surface area contributed by atoms with Gasteiger partial charge in [0.25, 0.3) is 0 Å². The minimum atomic E-state index is -0.214. The van der Waals surface area contributed by atoms with Gasteiger partial charge in [-0.05, 0) is 56.6 Å². The Labute approximate surface area is 161 Å². The summed E-state index contributed by atoms with van der Waals surface area (Å²) in [5.74, 6) is 1.60. The Bertz CT molecular complexity index is 806. The topological polar surface area (TPSA) is 42.0 Å². The number of para-hydroxylation sites is 1. The van der Waals surface area contributed by atoms with Crippen molar-refractivity contribution in [3.8, 4) is 11.5 Å². The van der Waals surface area contributed by atoms with Crippen molar-refractivity contribution in [2.45, 2.75) is 32.9 Å². The molecule has 1 amide bonds. The molecule has 0 radical (unpaired) electrons. The van der Waals surface area contributed by atoms with E-state index in [0.717, 1.165) is 35.7 Å². The van der Waals surface area contributed by atoms with Crippen LogP contribution in [-0.4, -0.2) is 44.2 Å². The fraction of sp³-hybridized carbons (Fsp3) is 0.409. The zero-order valence-corrected chi connectivity index (χ0v) is 16.6. The molecule has 0 unspecified atom stereocenters. The first-order chi connectivity index (χ1) is 13.0. The molecule has 0 fully saturated rings. The summed E-state index contributed by atoms with van der Waals surface area (Å²) in [7, 11) is 3.62. The smallest absolute Gasteiger partial charge is 0.244 e. The maximum Gasteiger partial charge on any atom is 0.244 e. The molecule has 0 bridgehead atoms. The molecule has 144 valence electrons. The molecule has 1 atom stereocenters. The Hall–Kier alpha value is -2.53. The van der Waals surface area contributed by atoms with E-state index in [1.54, 1.807) is 7.11 Å². The number of nitrogens with zero attached hydrogens (tertiary/aromatic N) is 2. The number of methoxy groups -OCH3 is 1. The average molecular weight is 368 g/mol. The fourth-order valence-corrected chi connectivity index (χ4v) is 3.49. The molecule has 0 saturated heterocycles. The van der Waals surface area contributed by atoms with E-state index in [1.165, 1.54) is 5.56 Å². The van der Waals surface area contributed by atoms with Crippen LogP contribution in [0.5, 0.6) is 11.5 Å². The Morgan fingerprint density at radius 1 is 1.22 bits per heavy atom. The maximum atomic E-state index is 13.0. The molecule has 2 aromatic carbocycles. The summed E-state index contributed by atoms with van der Waals surface area (Å²) < 4.78 is 11.0. The molecule has 2 aromatic rings. The van der Waals surface area contributed by atoms with E-state index < -0.39 is 0 Å². The number of fused-ring (bicyclic) bond motifs is 1. The first-order valence-corrected chi connectivity index (χ1v) is 9.44.